The van der Waals surface area contributed by atoms with Crippen molar-refractivity contribution in [2.75, 3.05) is 6.54 Å². The minimum atomic E-state index is 0.537. The standard InChI is InChI=1S/C16H24N2S/c1-2-6-14(7-3-1)19-16-10-9-13(12-18-16)15-8-4-5-11-17-15/h9-10,12,14-15,17H,1-8,11H2/t15-/m0/s1. The lowest BCUT2D eigenvalue weighted by atomic mass is 9.99. The summed E-state index contributed by atoms with van der Waals surface area (Å²) in [6.45, 7) is 1.16. The van der Waals surface area contributed by atoms with Crippen LogP contribution < -0.4 is 5.32 Å². The fourth-order valence-corrected chi connectivity index (χ4v) is 4.33. The predicted molar refractivity (Wildman–Crippen MR) is 81.6 cm³/mol. The maximum absolute atomic E-state index is 4.67. The molecule has 1 N–H and O–H groups in total. The molecule has 19 heavy (non-hydrogen) atoms. The van der Waals surface area contributed by atoms with Gasteiger partial charge >= 0.3 is 0 Å². The van der Waals surface area contributed by atoms with Crippen molar-refractivity contribution in [3.8, 4) is 0 Å². The zero-order valence-corrected chi connectivity index (χ0v) is 12.4. The van der Waals surface area contributed by atoms with Gasteiger partial charge in [-0.15, -0.1) is 11.8 Å². The lowest BCUT2D eigenvalue weighted by molar-refractivity contribution is 0.411. The summed E-state index contributed by atoms with van der Waals surface area (Å²) in [4.78, 5) is 4.67. The normalized spacial score (nSPS) is 25.4. The molecule has 1 aliphatic carbocycles. The summed E-state index contributed by atoms with van der Waals surface area (Å²) in [5.41, 5.74) is 1.37. The highest BCUT2D eigenvalue weighted by atomic mass is 32.2. The average molecular weight is 276 g/mol. The number of hydrogen-bond donors (Lipinski definition) is 1. The van der Waals surface area contributed by atoms with Gasteiger partial charge in [-0.1, -0.05) is 31.7 Å². The molecule has 3 heteroatoms. The predicted octanol–water partition coefficient (Wildman–Crippen LogP) is 4.32. The van der Waals surface area contributed by atoms with E-state index in [2.05, 4.69) is 28.6 Å². The SMILES string of the molecule is c1cc(SC2CCCCC2)ncc1[C@@H]1CCCCN1. The Bertz CT molecular complexity index is 378. The number of nitrogens with one attached hydrogen (secondary N) is 1. The van der Waals surface area contributed by atoms with Crippen molar-refractivity contribution < 1.29 is 0 Å². The fraction of sp³-hybridized carbons (Fsp3) is 0.688. The van der Waals surface area contributed by atoms with Gasteiger partial charge in [0.2, 0.25) is 0 Å². The van der Waals surface area contributed by atoms with Crippen LogP contribution in [0.2, 0.25) is 0 Å². The number of hydrogen-bond acceptors (Lipinski definition) is 3. The third-order valence-electron chi connectivity index (χ3n) is 4.31. The first-order valence-electron chi connectivity index (χ1n) is 7.78. The quantitative estimate of drug-likeness (QED) is 0.890. The Morgan fingerprint density at radius 2 is 1.84 bits per heavy atom. The van der Waals surface area contributed by atoms with Crippen molar-refractivity contribution in [3.63, 3.8) is 0 Å². The van der Waals surface area contributed by atoms with E-state index in [1.54, 1.807) is 0 Å². The highest BCUT2D eigenvalue weighted by molar-refractivity contribution is 7.99. The molecule has 0 amide bonds. The van der Waals surface area contributed by atoms with Crippen molar-refractivity contribution in [2.24, 2.45) is 0 Å². The van der Waals surface area contributed by atoms with E-state index in [-0.39, 0.29) is 0 Å². The molecule has 0 aromatic carbocycles. The number of thioether (sulfide) groups is 1. The molecule has 0 radical (unpaired) electrons. The Kier molecular flexibility index (Phi) is 4.78. The van der Waals surface area contributed by atoms with E-state index in [1.165, 1.54) is 62.0 Å². The zero-order valence-electron chi connectivity index (χ0n) is 11.6. The third kappa shape index (κ3) is 3.73. The Balaban J connectivity index is 1.58. The third-order valence-corrected chi connectivity index (χ3v) is 5.60. The number of rotatable bonds is 3. The van der Waals surface area contributed by atoms with Crippen LogP contribution in [0, 0.1) is 0 Å². The monoisotopic (exact) mass is 276 g/mol. The molecule has 0 spiro atoms. The molecule has 1 saturated carbocycles. The Hall–Kier alpha value is -0.540. The molecule has 2 heterocycles. The highest BCUT2D eigenvalue weighted by Crippen LogP contribution is 2.33. The summed E-state index contributed by atoms with van der Waals surface area (Å²) in [5.74, 6) is 0. The van der Waals surface area contributed by atoms with Gasteiger partial charge in [-0.05, 0) is 43.9 Å². The zero-order chi connectivity index (χ0) is 12.9. The van der Waals surface area contributed by atoms with Gasteiger partial charge in [0.15, 0.2) is 0 Å². The molecular weight excluding hydrogens is 252 g/mol. The van der Waals surface area contributed by atoms with Gasteiger partial charge in [-0.25, -0.2) is 4.98 Å². The van der Waals surface area contributed by atoms with Crippen LogP contribution in [0.4, 0.5) is 0 Å². The van der Waals surface area contributed by atoms with Gasteiger partial charge in [0.05, 0.1) is 5.03 Å². The van der Waals surface area contributed by atoms with Crippen molar-refractivity contribution in [1.29, 1.82) is 0 Å². The Labute approximate surface area is 120 Å². The van der Waals surface area contributed by atoms with E-state index in [9.17, 15) is 0 Å². The van der Waals surface area contributed by atoms with Crippen LogP contribution in [0.5, 0.6) is 0 Å². The largest absolute Gasteiger partial charge is 0.310 e. The first kappa shape index (κ1) is 13.4. The second-order valence-electron chi connectivity index (χ2n) is 5.81. The van der Waals surface area contributed by atoms with Crippen LogP contribution in [-0.2, 0) is 0 Å². The molecule has 0 bridgehead atoms. The van der Waals surface area contributed by atoms with E-state index >= 15 is 0 Å². The van der Waals surface area contributed by atoms with E-state index < -0.39 is 0 Å². The van der Waals surface area contributed by atoms with Gasteiger partial charge < -0.3 is 5.32 Å². The molecule has 2 fully saturated rings. The van der Waals surface area contributed by atoms with Gasteiger partial charge in [0.1, 0.15) is 0 Å². The lowest BCUT2D eigenvalue weighted by Gasteiger charge is -2.24. The van der Waals surface area contributed by atoms with Crippen molar-refractivity contribution >= 4 is 11.8 Å². The Morgan fingerprint density at radius 3 is 2.53 bits per heavy atom. The van der Waals surface area contributed by atoms with E-state index in [4.69, 9.17) is 0 Å². The first-order chi connectivity index (χ1) is 9.42. The van der Waals surface area contributed by atoms with Crippen LogP contribution in [-0.4, -0.2) is 16.8 Å². The summed E-state index contributed by atoms with van der Waals surface area (Å²) in [6.07, 6.45) is 13.0. The van der Waals surface area contributed by atoms with Crippen LogP contribution >= 0.6 is 11.8 Å². The average Bonchev–Trinajstić information content (AvgIpc) is 2.50. The Morgan fingerprint density at radius 1 is 1.00 bits per heavy atom. The van der Waals surface area contributed by atoms with E-state index in [0.29, 0.717) is 6.04 Å². The smallest absolute Gasteiger partial charge is 0.0962 e. The number of pyridine rings is 1. The number of nitrogens with zero attached hydrogens (tertiary/aromatic N) is 1. The van der Waals surface area contributed by atoms with Crippen LogP contribution in [0.25, 0.3) is 0 Å². The van der Waals surface area contributed by atoms with Crippen LogP contribution in [0.3, 0.4) is 0 Å². The maximum atomic E-state index is 4.67. The summed E-state index contributed by atoms with van der Waals surface area (Å²) in [5, 5.41) is 5.61. The first-order valence-corrected chi connectivity index (χ1v) is 8.66. The molecule has 0 unspecified atom stereocenters. The molecule has 2 nitrogen and oxygen atoms in total. The highest BCUT2D eigenvalue weighted by Gasteiger charge is 2.17. The van der Waals surface area contributed by atoms with Gasteiger partial charge in [0.25, 0.3) is 0 Å². The maximum Gasteiger partial charge on any atom is 0.0962 e. The second kappa shape index (κ2) is 6.76. The van der Waals surface area contributed by atoms with Crippen molar-refractivity contribution in [1.82, 2.24) is 10.3 Å². The second-order valence-corrected chi connectivity index (χ2v) is 7.13. The number of aromatic nitrogens is 1. The molecule has 2 aliphatic rings. The molecule has 1 atom stereocenters. The topological polar surface area (TPSA) is 24.9 Å². The van der Waals surface area contributed by atoms with E-state index in [0.717, 1.165) is 11.8 Å². The number of piperidine rings is 1. The molecule has 1 saturated heterocycles. The van der Waals surface area contributed by atoms with Crippen molar-refractivity contribution in [3.05, 3.63) is 23.9 Å². The van der Waals surface area contributed by atoms with Crippen molar-refractivity contribution in [2.45, 2.75) is 67.7 Å². The lowest BCUT2D eigenvalue weighted by Crippen LogP contribution is -2.26. The molecule has 1 aromatic heterocycles. The van der Waals surface area contributed by atoms with Crippen LogP contribution in [0.1, 0.15) is 63.0 Å². The van der Waals surface area contributed by atoms with E-state index in [1.807, 2.05) is 11.8 Å². The summed E-state index contributed by atoms with van der Waals surface area (Å²) >= 11 is 1.99. The molecule has 104 valence electrons. The molecule has 1 aliphatic heterocycles. The van der Waals surface area contributed by atoms with Gasteiger partial charge in [0, 0.05) is 17.5 Å². The molecule has 3 rings (SSSR count). The summed E-state index contributed by atoms with van der Waals surface area (Å²) in [6, 6.07) is 5.04. The minimum Gasteiger partial charge on any atom is -0.310 e. The van der Waals surface area contributed by atoms with Gasteiger partial charge in [-0.3, -0.25) is 0 Å². The van der Waals surface area contributed by atoms with Crippen LogP contribution in [0.15, 0.2) is 23.4 Å². The molecular formula is C16H24N2S. The fourth-order valence-electron chi connectivity index (χ4n) is 3.16. The minimum absolute atomic E-state index is 0.537. The summed E-state index contributed by atoms with van der Waals surface area (Å²) in [7, 11) is 0. The molecule has 1 aromatic rings. The summed E-state index contributed by atoms with van der Waals surface area (Å²) < 4.78 is 0. The van der Waals surface area contributed by atoms with Gasteiger partial charge in [-0.2, -0.15) is 0 Å².